The molecule has 0 fully saturated rings. The maximum Gasteiger partial charge on any atom is 0.277 e. The number of aryl methyl sites for hydroxylation is 2. The predicted octanol–water partition coefficient (Wildman–Crippen LogP) is 4.16. The first-order chi connectivity index (χ1) is 14.4. The van der Waals surface area contributed by atoms with Crippen LogP contribution in [0.15, 0.2) is 52.1 Å². The average Bonchev–Trinajstić information content (AvgIpc) is 3.20. The first-order valence-electron chi connectivity index (χ1n) is 9.16. The monoisotopic (exact) mass is 428 g/mol. The van der Waals surface area contributed by atoms with E-state index in [2.05, 4.69) is 22.4 Å². The summed E-state index contributed by atoms with van der Waals surface area (Å²) in [5.74, 6) is 0.678. The molecule has 0 atom stereocenters. The second kappa shape index (κ2) is 9.88. The van der Waals surface area contributed by atoms with Crippen molar-refractivity contribution in [1.29, 1.82) is 0 Å². The number of hydrogen-bond donors (Lipinski definition) is 1. The standard InChI is InChI=1S/C20H20N4O5S/c1-3-14-5-8-16(9-6-14)28-11-19-22-23-20(29-19)30-12-18(25)21-17-10-15(24(26)27)7-4-13(17)2/h4-10H,3,11-12H2,1-2H3,(H,21,25). The van der Waals surface area contributed by atoms with E-state index in [1.807, 2.05) is 24.3 Å². The van der Waals surface area contributed by atoms with Crippen molar-refractivity contribution in [2.24, 2.45) is 0 Å². The Morgan fingerprint density at radius 1 is 1.23 bits per heavy atom. The number of hydrogen-bond acceptors (Lipinski definition) is 8. The largest absolute Gasteiger partial charge is 0.484 e. The number of ether oxygens (including phenoxy) is 1. The molecule has 1 heterocycles. The maximum absolute atomic E-state index is 12.2. The lowest BCUT2D eigenvalue weighted by Gasteiger charge is -2.07. The minimum Gasteiger partial charge on any atom is -0.484 e. The van der Waals surface area contributed by atoms with Crippen LogP contribution in [0.5, 0.6) is 5.75 Å². The van der Waals surface area contributed by atoms with Crippen LogP contribution in [0.1, 0.15) is 23.9 Å². The van der Waals surface area contributed by atoms with Gasteiger partial charge in [-0.05, 0) is 36.6 Å². The number of nitro benzene ring substituents is 1. The number of amides is 1. The quantitative estimate of drug-likeness (QED) is 0.306. The second-order valence-corrected chi connectivity index (χ2v) is 7.27. The molecule has 0 saturated heterocycles. The molecule has 0 aliphatic heterocycles. The zero-order chi connectivity index (χ0) is 21.5. The van der Waals surface area contributed by atoms with Crippen LogP contribution in [0.2, 0.25) is 0 Å². The van der Waals surface area contributed by atoms with Crippen LogP contribution in [-0.2, 0) is 17.8 Å². The third kappa shape index (κ3) is 5.80. The number of non-ortho nitro benzene ring substituents is 1. The molecule has 0 bridgehead atoms. The van der Waals surface area contributed by atoms with E-state index in [9.17, 15) is 14.9 Å². The highest BCUT2D eigenvalue weighted by molar-refractivity contribution is 7.99. The molecule has 30 heavy (non-hydrogen) atoms. The van der Waals surface area contributed by atoms with Gasteiger partial charge in [-0.2, -0.15) is 0 Å². The van der Waals surface area contributed by atoms with E-state index in [1.165, 1.54) is 17.7 Å². The minimum absolute atomic E-state index is 0.0170. The van der Waals surface area contributed by atoms with Gasteiger partial charge in [-0.3, -0.25) is 14.9 Å². The van der Waals surface area contributed by atoms with Gasteiger partial charge < -0.3 is 14.5 Å². The van der Waals surface area contributed by atoms with Gasteiger partial charge in [0.15, 0.2) is 6.61 Å². The number of nitro groups is 1. The van der Waals surface area contributed by atoms with Gasteiger partial charge in [-0.15, -0.1) is 10.2 Å². The molecule has 1 amide bonds. The normalized spacial score (nSPS) is 10.6. The van der Waals surface area contributed by atoms with Gasteiger partial charge in [0.1, 0.15) is 5.75 Å². The number of nitrogens with one attached hydrogen (secondary N) is 1. The lowest BCUT2D eigenvalue weighted by Crippen LogP contribution is -2.15. The molecule has 10 heteroatoms. The van der Waals surface area contributed by atoms with E-state index >= 15 is 0 Å². The molecule has 0 radical (unpaired) electrons. The number of carbonyl (C=O) groups is 1. The summed E-state index contributed by atoms with van der Waals surface area (Å²) in [5.41, 5.74) is 2.25. The maximum atomic E-state index is 12.2. The van der Waals surface area contributed by atoms with Crippen molar-refractivity contribution in [1.82, 2.24) is 10.2 Å². The van der Waals surface area contributed by atoms with Gasteiger partial charge in [0.05, 0.1) is 16.4 Å². The molecule has 156 valence electrons. The highest BCUT2D eigenvalue weighted by Gasteiger charge is 2.13. The Hall–Kier alpha value is -3.40. The number of benzene rings is 2. The van der Waals surface area contributed by atoms with Crippen molar-refractivity contribution in [3.63, 3.8) is 0 Å². The summed E-state index contributed by atoms with van der Waals surface area (Å²) in [4.78, 5) is 22.5. The number of thioether (sulfide) groups is 1. The Balaban J connectivity index is 1.49. The lowest BCUT2D eigenvalue weighted by molar-refractivity contribution is -0.384. The van der Waals surface area contributed by atoms with E-state index in [0.29, 0.717) is 17.3 Å². The van der Waals surface area contributed by atoms with E-state index in [0.717, 1.165) is 23.7 Å². The molecule has 0 saturated carbocycles. The summed E-state index contributed by atoms with van der Waals surface area (Å²) in [6, 6.07) is 12.0. The molecule has 0 aliphatic carbocycles. The Kier molecular flexibility index (Phi) is 7.02. The second-order valence-electron chi connectivity index (χ2n) is 6.34. The summed E-state index contributed by atoms with van der Waals surface area (Å²) in [7, 11) is 0. The van der Waals surface area contributed by atoms with Crippen LogP contribution in [0.4, 0.5) is 11.4 Å². The molecule has 9 nitrogen and oxygen atoms in total. The molecular weight excluding hydrogens is 408 g/mol. The molecule has 2 aromatic carbocycles. The van der Waals surface area contributed by atoms with Crippen molar-refractivity contribution < 1.29 is 18.9 Å². The van der Waals surface area contributed by atoms with E-state index in [1.54, 1.807) is 13.0 Å². The van der Waals surface area contributed by atoms with Gasteiger partial charge in [0.2, 0.25) is 5.91 Å². The number of anilines is 1. The third-order valence-corrected chi connectivity index (χ3v) is 4.99. The van der Waals surface area contributed by atoms with Gasteiger partial charge in [-0.1, -0.05) is 36.9 Å². The van der Waals surface area contributed by atoms with Crippen molar-refractivity contribution >= 4 is 29.0 Å². The van der Waals surface area contributed by atoms with Crippen LogP contribution >= 0.6 is 11.8 Å². The fourth-order valence-electron chi connectivity index (χ4n) is 2.49. The molecule has 1 N–H and O–H groups in total. The fraction of sp³-hybridized carbons (Fsp3) is 0.250. The number of rotatable bonds is 9. The Morgan fingerprint density at radius 2 is 2.00 bits per heavy atom. The first-order valence-corrected chi connectivity index (χ1v) is 10.1. The highest BCUT2D eigenvalue weighted by atomic mass is 32.2. The molecular formula is C20H20N4O5S. The van der Waals surface area contributed by atoms with Crippen molar-refractivity contribution in [2.45, 2.75) is 32.1 Å². The van der Waals surface area contributed by atoms with Gasteiger partial charge in [-0.25, -0.2) is 0 Å². The SMILES string of the molecule is CCc1ccc(OCc2nnc(SCC(=O)Nc3cc([N+](=O)[O-])ccc3C)o2)cc1. The summed E-state index contributed by atoms with van der Waals surface area (Å²) < 4.78 is 11.1. The average molecular weight is 428 g/mol. The zero-order valence-electron chi connectivity index (χ0n) is 16.5. The zero-order valence-corrected chi connectivity index (χ0v) is 17.3. The van der Waals surface area contributed by atoms with Crippen LogP contribution in [0, 0.1) is 17.0 Å². The van der Waals surface area contributed by atoms with Crippen molar-refractivity contribution in [3.8, 4) is 5.75 Å². The summed E-state index contributed by atoms with van der Waals surface area (Å²) >= 11 is 1.07. The fourth-order valence-corrected chi connectivity index (χ4v) is 3.07. The van der Waals surface area contributed by atoms with E-state index in [-0.39, 0.29) is 29.2 Å². The third-order valence-electron chi connectivity index (χ3n) is 4.18. The summed E-state index contributed by atoms with van der Waals surface area (Å²) in [5, 5.41) is 21.6. The minimum atomic E-state index is -0.510. The van der Waals surface area contributed by atoms with Crippen LogP contribution in [0.25, 0.3) is 0 Å². The van der Waals surface area contributed by atoms with E-state index < -0.39 is 4.92 Å². The van der Waals surface area contributed by atoms with E-state index in [4.69, 9.17) is 9.15 Å². The van der Waals surface area contributed by atoms with Gasteiger partial charge in [0, 0.05) is 12.1 Å². The topological polar surface area (TPSA) is 120 Å². The Labute approximate surface area is 177 Å². The lowest BCUT2D eigenvalue weighted by atomic mass is 10.2. The summed E-state index contributed by atoms with van der Waals surface area (Å²) in [6.07, 6.45) is 0.957. The van der Waals surface area contributed by atoms with Crippen molar-refractivity contribution in [3.05, 3.63) is 69.6 Å². The molecule has 3 aromatic rings. The predicted molar refractivity (Wildman–Crippen MR) is 112 cm³/mol. The molecule has 3 rings (SSSR count). The molecule has 0 spiro atoms. The van der Waals surface area contributed by atoms with Crippen LogP contribution in [-0.4, -0.2) is 26.8 Å². The number of aromatic nitrogens is 2. The molecule has 0 unspecified atom stereocenters. The van der Waals surface area contributed by atoms with Crippen molar-refractivity contribution in [2.75, 3.05) is 11.1 Å². The van der Waals surface area contributed by atoms with Gasteiger partial charge >= 0.3 is 0 Å². The number of carbonyl (C=O) groups excluding carboxylic acids is 1. The Bertz CT molecular complexity index is 1040. The summed E-state index contributed by atoms with van der Waals surface area (Å²) in [6.45, 7) is 3.96. The first kappa shape index (κ1) is 21.3. The van der Waals surface area contributed by atoms with Crippen LogP contribution < -0.4 is 10.1 Å². The Morgan fingerprint density at radius 3 is 2.70 bits per heavy atom. The molecule has 0 aliphatic rings. The van der Waals surface area contributed by atoms with Crippen LogP contribution in [0.3, 0.4) is 0 Å². The highest BCUT2D eigenvalue weighted by Crippen LogP contribution is 2.23. The smallest absolute Gasteiger partial charge is 0.277 e. The van der Waals surface area contributed by atoms with Gasteiger partial charge in [0.25, 0.3) is 16.8 Å². The number of nitrogens with zero attached hydrogens (tertiary/aromatic N) is 3. The molecule has 1 aromatic heterocycles.